The summed E-state index contributed by atoms with van der Waals surface area (Å²) in [4.78, 5) is 9.53. The second kappa shape index (κ2) is 5.26. The van der Waals surface area contributed by atoms with Gasteiger partial charge in [-0.1, -0.05) is 35.8 Å². The number of halogens is 4. The molecule has 0 radical (unpaired) electrons. The summed E-state index contributed by atoms with van der Waals surface area (Å²) in [6, 6.07) is 3.11. The van der Waals surface area contributed by atoms with Crippen LogP contribution in [-0.4, -0.2) is 9.75 Å². The monoisotopic (exact) mass is 325 g/mol. The molecule has 0 bridgehead atoms. The molecule has 0 aliphatic carbocycles. The molecular weight excluding hydrogens is 315 g/mol. The van der Waals surface area contributed by atoms with Gasteiger partial charge in [0.15, 0.2) is 0 Å². The fourth-order valence-corrected chi connectivity index (χ4v) is 1.79. The third kappa shape index (κ3) is 3.22. The molecule has 0 aliphatic heterocycles. The first kappa shape index (κ1) is 14.9. The molecular formula is C11H11BrF3NO2. The highest BCUT2D eigenvalue weighted by Crippen LogP contribution is 2.38. The molecule has 1 rings (SSSR count). The average molecular weight is 326 g/mol. The topological polar surface area (TPSA) is 43.1 Å². The van der Waals surface area contributed by atoms with Crippen molar-refractivity contribution >= 4 is 21.6 Å². The Kier molecular flexibility index (Phi) is 4.37. The predicted octanol–water partition coefficient (Wildman–Crippen LogP) is 4.50. The second-order valence-corrected chi connectivity index (χ2v) is 5.44. The Morgan fingerprint density at radius 2 is 1.89 bits per heavy atom. The number of benzene rings is 1. The summed E-state index contributed by atoms with van der Waals surface area (Å²) in [5.41, 5.74) is -1.71. The van der Waals surface area contributed by atoms with E-state index in [1.54, 1.807) is 13.8 Å². The lowest BCUT2D eigenvalue weighted by molar-refractivity contribution is -0.388. The first-order chi connectivity index (χ1) is 8.14. The van der Waals surface area contributed by atoms with Crippen LogP contribution in [0.3, 0.4) is 0 Å². The van der Waals surface area contributed by atoms with E-state index in [1.165, 1.54) is 6.07 Å². The summed E-state index contributed by atoms with van der Waals surface area (Å²) >= 11 is 3.28. The maximum absolute atomic E-state index is 12.7. The quantitative estimate of drug-likeness (QED) is 0.466. The summed E-state index contributed by atoms with van der Waals surface area (Å²) in [7, 11) is 0. The van der Waals surface area contributed by atoms with Crippen molar-refractivity contribution in [2.75, 3.05) is 0 Å². The molecule has 18 heavy (non-hydrogen) atoms. The van der Waals surface area contributed by atoms with Gasteiger partial charge in [0.05, 0.1) is 4.92 Å². The first-order valence-corrected chi connectivity index (χ1v) is 6.05. The van der Waals surface area contributed by atoms with Crippen LogP contribution in [0.2, 0.25) is 0 Å². The van der Waals surface area contributed by atoms with Crippen molar-refractivity contribution in [2.24, 2.45) is 0 Å². The van der Waals surface area contributed by atoms with Crippen LogP contribution in [0.1, 0.15) is 30.9 Å². The fraction of sp³-hybridized carbons (Fsp3) is 0.455. The van der Waals surface area contributed by atoms with Crippen molar-refractivity contribution in [1.82, 2.24) is 0 Å². The molecule has 0 spiro atoms. The lowest BCUT2D eigenvalue weighted by Crippen LogP contribution is -2.12. The van der Waals surface area contributed by atoms with E-state index in [9.17, 15) is 23.3 Å². The van der Waals surface area contributed by atoms with Gasteiger partial charge in [-0.15, -0.1) is 0 Å². The standard InChI is InChI=1S/C11H11BrF3NO2/c1-6(7(2)12)8-3-4-10(16(17)18)9(5-8)11(13,14)15/h3-7H,1-2H3. The zero-order valence-corrected chi connectivity index (χ0v) is 11.2. The number of alkyl halides is 4. The zero-order chi connectivity index (χ0) is 14.1. The molecule has 0 amide bonds. The largest absolute Gasteiger partial charge is 0.423 e. The van der Waals surface area contributed by atoms with Crippen LogP contribution in [0, 0.1) is 10.1 Å². The van der Waals surface area contributed by atoms with E-state index < -0.39 is 22.4 Å². The van der Waals surface area contributed by atoms with Crippen molar-refractivity contribution in [3.05, 3.63) is 39.4 Å². The van der Waals surface area contributed by atoms with E-state index in [4.69, 9.17) is 0 Å². The number of rotatable bonds is 3. The molecule has 2 unspecified atom stereocenters. The van der Waals surface area contributed by atoms with Crippen molar-refractivity contribution < 1.29 is 18.1 Å². The highest BCUT2D eigenvalue weighted by Gasteiger charge is 2.38. The minimum atomic E-state index is -4.73. The lowest BCUT2D eigenvalue weighted by Gasteiger charge is -2.16. The van der Waals surface area contributed by atoms with E-state index in [0.29, 0.717) is 5.56 Å². The SMILES string of the molecule is CC(Br)C(C)c1ccc([N+](=O)[O-])c(C(F)(F)F)c1. The van der Waals surface area contributed by atoms with E-state index in [2.05, 4.69) is 15.9 Å². The van der Waals surface area contributed by atoms with Gasteiger partial charge in [0.25, 0.3) is 5.69 Å². The van der Waals surface area contributed by atoms with E-state index >= 15 is 0 Å². The lowest BCUT2D eigenvalue weighted by atomic mass is 9.96. The van der Waals surface area contributed by atoms with Gasteiger partial charge in [-0.25, -0.2) is 0 Å². The summed E-state index contributed by atoms with van der Waals surface area (Å²) in [5.74, 6) is -0.174. The van der Waals surface area contributed by atoms with Crippen LogP contribution < -0.4 is 0 Å². The maximum Gasteiger partial charge on any atom is 0.423 e. The van der Waals surface area contributed by atoms with Crippen molar-refractivity contribution in [1.29, 1.82) is 0 Å². The molecule has 1 aromatic carbocycles. The van der Waals surface area contributed by atoms with E-state index in [0.717, 1.165) is 12.1 Å². The number of hydrogen-bond acceptors (Lipinski definition) is 2. The average Bonchev–Trinajstić information content (AvgIpc) is 2.25. The Morgan fingerprint density at radius 3 is 2.28 bits per heavy atom. The van der Waals surface area contributed by atoms with E-state index in [-0.39, 0.29) is 10.7 Å². The summed E-state index contributed by atoms with van der Waals surface area (Å²) in [5, 5.41) is 10.6. The summed E-state index contributed by atoms with van der Waals surface area (Å²) < 4.78 is 38.2. The zero-order valence-electron chi connectivity index (χ0n) is 9.66. The van der Waals surface area contributed by atoms with Crippen LogP contribution in [-0.2, 0) is 6.18 Å². The van der Waals surface area contributed by atoms with Crippen LogP contribution in [0.4, 0.5) is 18.9 Å². The Hall–Kier alpha value is -1.11. The first-order valence-electron chi connectivity index (χ1n) is 5.14. The molecule has 0 fully saturated rings. The van der Waals surface area contributed by atoms with Gasteiger partial charge < -0.3 is 0 Å². The molecule has 0 saturated heterocycles. The van der Waals surface area contributed by atoms with E-state index in [1.807, 2.05) is 0 Å². The van der Waals surface area contributed by atoms with Gasteiger partial charge in [-0.3, -0.25) is 10.1 Å². The van der Waals surface area contributed by atoms with Crippen LogP contribution >= 0.6 is 15.9 Å². The number of nitro benzene ring substituents is 1. The Labute approximate surface area is 110 Å². The third-order valence-electron chi connectivity index (χ3n) is 2.74. The van der Waals surface area contributed by atoms with Crippen LogP contribution in [0.15, 0.2) is 18.2 Å². The van der Waals surface area contributed by atoms with Gasteiger partial charge in [0.1, 0.15) is 5.56 Å². The van der Waals surface area contributed by atoms with Crippen LogP contribution in [0.5, 0.6) is 0 Å². The molecule has 2 atom stereocenters. The smallest absolute Gasteiger partial charge is 0.258 e. The van der Waals surface area contributed by atoms with Gasteiger partial charge >= 0.3 is 6.18 Å². The molecule has 7 heteroatoms. The van der Waals surface area contributed by atoms with Crippen molar-refractivity contribution in [3.63, 3.8) is 0 Å². The molecule has 1 aromatic rings. The number of hydrogen-bond donors (Lipinski definition) is 0. The highest BCUT2D eigenvalue weighted by atomic mass is 79.9. The molecule has 0 aromatic heterocycles. The highest BCUT2D eigenvalue weighted by molar-refractivity contribution is 9.09. The van der Waals surface area contributed by atoms with Crippen LogP contribution in [0.25, 0.3) is 0 Å². The minimum absolute atomic E-state index is 0.0277. The second-order valence-electron chi connectivity index (χ2n) is 4.00. The molecule has 100 valence electrons. The Balaban J connectivity index is 3.35. The van der Waals surface area contributed by atoms with Gasteiger partial charge in [-0.2, -0.15) is 13.2 Å². The minimum Gasteiger partial charge on any atom is -0.258 e. The van der Waals surface area contributed by atoms with Crippen molar-refractivity contribution in [3.8, 4) is 0 Å². The Morgan fingerprint density at radius 1 is 1.33 bits per heavy atom. The third-order valence-corrected chi connectivity index (χ3v) is 3.53. The molecule has 0 heterocycles. The van der Waals surface area contributed by atoms with Crippen molar-refractivity contribution in [2.45, 2.75) is 30.8 Å². The molecule has 0 N–H and O–H groups in total. The molecule has 3 nitrogen and oxygen atoms in total. The summed E-state index contributed by atoms with van der Waals surface area (Å²) in [6.45, 7) is 3.56. The Bertz CT molecular complexity index is 460. The predicted molar refractivity (Wildman–Crippen MR) is 64.9 cm³/mol. The normalized spacial score (nSPS) is 15.2. The van der Waals surface area contributed by atoms with Gasteiger partial charge in [0, 0.05) is 10.9 Å². The maximum atomic E-state index is 12.7. The fourth-order valence-electron chi connectivity index (χ4n) is 1.49. The molecule has 0 aliphatic rings. The van der Waals surface area contributed by atoms with Gasteiger partial charge in [-0.05, 0) is 17.5 Å². The number of nitro groups is 1. The number of nitrogens with zero attached hydrogens (tertiary/aromatic N) is 1. The van der Waals surface area contributed by atoms with Gasteiger partial charge in [0.2, 0.25) is 0 Å². The summed E-state index contributed by atoms with van der Waals surface area (Å²) in [6.07, 6.45) is -4.73. The molecule has 0 saturated carbocycles.